The number of H-pyrrole nitrogens is 1. The third-order valence-corrected chi connectivity index (χ3v) is 3.72. The van der Waals surface area contributed by atoms with E-state index in [-0.39, 0.29) is 5.91 Å². The van der Waals surface area contributed by atoms with Gasteiger partial charge in [-0.3, -0.25) is 10.1 Å². The molecule has 4 rings (SSSR count). The van der Waals surface area contributed by atoms with Gasteiger partial charge in [-0.1, -0.05) is 42.5 Å². The molecule has 0 fully saturated rings. The maximum absolute atomic E-state index is 12.7. The number of hydrogen-bond donors (Lipinski definition) is 2. The zero-order valence-electron chi connectivity index (χ0n) is 13.3. The van der Waals surface area contributed by atoms with Crippen LogP contribution in [0.4, 0.5) is 5.95 Å². The smallest absolute Gasteiger partial charge is 0.261 e. The predicted molar refractivity (Wildman–Crippen MR) is 97.0 cm³/mol. The summed E-state index contributed by atoms with van der Waals surface area (Å²) < 4.78 is 5.84. The first-order valence-corrected chi connectivity index (χ1v) is 7.87. The van der Waals surface area contributed by atoms with E-state index in [9.17, 15) is 4.79 Å². The van der Waals surface area contributed by atoms with Crippen LogP contribution in [0.5, 0.6) is 11.5 Å². The van der Waals surface area contributed by atoms with E-state index in [1.165, 1.54) is 0 Å². The molecule has 0 unspecified atom stereocenters. The van der Waals surface area contributed by atoms with Crippen molar-refractivity contribution >= 4 is 22.9 Å². The Hall–Kier alpha value is -3.60. The average molecular weight is 329 g/mol. The molecule has 0 atom stereocenters. The zero-order valence-corrected chi connectivity index (χ0v) is 13.3. The van der Waals surface area contributed by atoms with Crippen LogP contribution in [0.15, 0.2) is 78.9 Å². The first-order valence-electron chi connectivity index (χ1n) is 7.87. The molecule has 0 saturated heterocycles. The van der Waals surface area contributed by atoms with E-state index < -0.39 is 0 Å². The Morgan fingerprint density at radius 1 is 0.880 bits per heavy atom. The molecule has 1 aromatic heterocycles. The van der Waals surface area contributed by atoms with Crippen LogP contribution in [-0.4, -0.2) is 15.9 Å². The van der Waals surface area contributed by atoms with Crippen molar-refractivity contribution in [3.8, 4) is 11.5 Å². The van der Waals surface area contributed by atoms with Crippen molar-refractivity contribution < 1.29 is 9.53 Å². The largest absolute Gasteiger partial charge is 0.457 e. The summed E-state index contributed by atoms with van der Waals surface area (Å²) >= 11 is 0. The molecule has 2 N–H and O–H groups in total. The number of benzene rings is 3. The molecular formula is C20H15N3O2. The second kappa shape index (κ2) is 6.49. The lowest BCUT2D eigenvalue weighted by molar-refractivity contribution is 0.102. The lowest BCUT2D eigenvalue weighted by Crippen LogP contribution is -2.13. The minimum Gasteiger partial charge on any atom is -0.457 e. The second-order valence-corrected chi connectivity index (χ2v) is 5.47. The molecule has 0 radical (unpaired) electrons. The Balaban J connectivity index is 1.59. The Bertz CT molecular complexity index is 992. The van der Waals surface area contributed by atoms with Crippen molar-refractivity contribution in [2.45, 2.75) is 0 Å². The number of anilines is 1. The van der Waals surface area contributed by atoms with Gasteiger partial charge in [-0.15, -0.1) is 0 Å². The van der Waals surface area contributed by atoms with Crippen molar-refractivity contribution in [3.05, 3.63) is 84.4 Å². The van der Waals surface area contributed by atoms with E-state index >= 15 is 0 Å². The SMILES string of the molecule is O=C(Nc1nc2ccccc2[nH]1)c1ccccc1Oc1ccccc1. The van der Waals surface area contributed by atoms with Gasteiger partial charge in [-0.25, -0.2) is 4.98 Å². The van der Waals surface area contributed by atoms with Gasteiger partial charge >= 0.3 is 0 Å². The van der Waals surface area contributed by atoms with Crippen molar-refractivity contribution in [2.75, 3.05) is 5.32 Å². The van der Waals surface area contributed by atoms with Crippen molar-refractivity contribution in [1.82, 2.24) is 9.97 Å². The Labute approximate surface area is 144 Å². The van der Waals surface area contributed by atoms with E-state index in [0.29, 0.717) is 23.0 Å². The molecule has 4 aromatic rings. The third kappa shape index (κ3) is 3.21. The highest BCUT2D eigenvalue weighted by atomic mass is 16.5. The maximum Gasteiger partial charge on any atom is 0.261 e. The quantitative estimate of drug-likeness (QED) is 0.574. The summed E-state index contributed by atoms with van der Waals surface area (Å²) in [6, 6.07) is 24.1. The normalized spacial score (nSPS) is 10.6. The Kier molecular flexibility index (Phi) is 3.88. The van der Waals surface area contributed by atoms with Gasteiger partial charge in [0.1, 0.15) is 11.5 Å². The highest BCUT2D eigenvalue weighted by Crippen LogP contribution is 2.25. The van der Waals surface area contributed by atoms with Crippen molar-refractivity contribution in [1.29, 1.82) is 0 Å². The minimum absolute atomic E-state index is 0.286. The van der Waals surface area contributed by atoms with Gasteiger partial charge < -0.3 is 9.72 Å². The fourth-order valence-corrected chi connectivity index (χ4v) is 2.55. The fraction of sp³-hybridized carbons (Fsp3) is 0. The third-order valence-electron chi connectivity index (χ3n) is 3.72. The highest BCUT2D eigenvalue weighted by Gasteiger charge is 2.14. The molecule has 5 heteroatoms. The Morgan fingerprint density at radius 2 is 1.60 bits per heavy atom. The number of ether oxygens (including phenoxy) is 1. The molecule has 0 aliphatic rings. The summed E-state index contributed by atoms with van der Waals surface area (Å²) in [4.78, 5) is 20.1. The summed E-state index contributed by atoms with van der Waals surface area (Å²) in [5.41, 5.74) is 2.10. The molecule has 1 heterocycles. The molecule has 1 amide bonds. The molecule has 0 bridgehead atoms. The Morgan fingerprint density at radius 3 is 2.44 bits per heavy atom. The predicted octanol–water partition coefficient (Wildman–Crippen LogP) is 4.61. The molecule has 122 valence electrons. The van der Waals surface area contributed by atoms with E-state index in [4.69, 9.17) is 4.74 Å². The number of amides is 1. The number of aromatic amines is 1. The number of fused-ring (bicyclic) bond motifs is 1. The number of imidazole rings is 1. The summed E-state index contributed by atoms with van der Waals surface area (Å²) in [7, 11) is 0. The first kappa shape index (κ1) is 15.0. The zero-order chi connectivity index (χ0) is 17.1. The van der Waals surface area contributed by atoms with Crippen LogP contribution in [0.2, 0.25) is 0 Å². The number of nitrogens with zero attached hydrogens (tertiary/aromatic N) is 1. The van der Waals surface area contributed by atoms with Crippen molar-refractivity contribution in [2.24, 2.45) is 0 Å². The van der Waals surface area contributed by atoms with Gasteiger partial charge in [0.15, 0.2) is 0 Å². The molecule has 0 saturated carbocycles. The number of carbonyl (C=O) groups is 1. The summed E-state index contributed by atoms with van der Waals surface area (Å²) in [5.74, 6) is 1.28. The molecule has 0 aliphatic carbocycles. The number of para-hydroxylation sites is 4. The average Bonchev–Trinajstić information content (AvgIpc) is 3.05. The van der Waals surface area contributed by atoms with E-state index in [1.807, 2.05) is 60.7 Å². The number of carbonyl (C=O) groups excluding carboxylic acids is 1. The van der Waals surface area contributed by atoms with E-state index in [1.54, 1.807) is 18.2 Å². The van der Waals surface area contributed by atoms with Gasteiger partial charge in [0.2, 0.25) is 5.95 Å². The standard InChI is InChI=1S/C20H15N3O2/c24-19(23-20-21-16-11-5-6-12-17(16)22-20)15-10-4-7-13-18(15)25-14-8-2-1-3-9-14/h1-13H,(H2,21,22,23,24). The maximum atomic E-state index is 12.7. The van der Waals surface area contributed by atoms with Crippen LogP contribution >= 0.6 is 0 Å². The molecule has 5 nitrogen and oxygen atoms in total. The topological polar surface area (TPSA) is 67.0 Å². The highest BCUT2D eigenvalue weighted by molar-refractivity contribution is 6.05. The molecule has 0 aliphatic heterocycles. The molecule has 25 heavy (non-hydrogen) atoms. The van der Waals surface area contributed by atoms with Crippen LogP contribution in [0.25, 0.3) is 11.0 Å². The van der Waals surface area contributed by atoms with Gasteiger partial charge in [0, 0.05) is 0 Å². The van der Waals surface area contributed by atoms with Gasteiger partial charge in [-0.2, -0.15) is 0 Å². The summed E-state index contributed by atoms with van der Waals surface area (Å²) in [6.45, 7) is 0. The van der Waals surface area contributed by atoms with Gasteiger partial charge in [0.05, 0.1) is 16.6 Å². The monoisotopic (exact) mass is 329 g/mol. The van der Waals surface area contributed by atoms with Gasteiger partial charge in [-0.05, 0) is 36.4 Å². The number of aromatic nitrogens is 2. The molecule has 3 aromatic carbocycles. The number of nitrogens with one attached hydrogen (secondary N) is 2. The molecular weight excluding hydrogens is 314 g/mol. The summed E-state index contributed by atoms with van der Waals surface area (Å²) in [6.07, 6.45) is 0. The fourth-order valence-electron chi connectivity index (χ4n) is 2.55. The number of hydrogen-bond acceptors (Lipinski definition) is 3. The van der Waals surface area contributed by atoms with Crippen molar-refractivity contribution in [3.63, 3.8) is 0 Å². The first-order chi connectivity index (χ1) is 12.3. The van der Waals surface area contributed by atoms with Crippen LogP contribution in [-0.2, 0) is 0 Å². The van der Waals surface area contributed by atoms with Crippen LogP contribution in [0.3, 0.4) is 0 Å². The van der Waals surface area contributed by atoms with Crippen LogP contribution < -0.4 is 10.1 Å². The second-order valence-electron chi connectivity index (χ2n) is 5.47. The molecule has 0 spiro atoms. The lowest BCUT2D eigenvalue weighted by Gasteiger charge is -2.10. The van der Waals surface area contributed by atoms with E-state index in [2.05, 4.69) is 15.3 Å². The summed E-state index contributed by atoms with van der Waals surface area (Å²) in [5, 5.41) is 2.79. The lowest BCUT2D eigenvalue weighted by atomic mass is 10.2. The minimum atomic E-state index is -0.286. The van der Waals surface area contributed by atoms with Crippen LogP contribution in [0, 0.1) is 0 Å². The number of rotatable bonds is 4. The van der Waals surface area contributed by atoms with Gasteiger partial charge in [0.25, 0.3) is 5.91 Å². The van der Waals surface area contributed by atoms with Crippen LogP contribution in [0.1, 0.15) is 10.4 Å². The van der Waals surface area contributed by atoms with E-state index in [0.717, 1.165) is 11.0 Å².